The molecule has 0 N–H and O–H groups in total. The maximum Gasteiger partial charge on any atom is 0.337 e. The van der Waals surface area contributed by atoms with Gasteiger partial charge in [0.1, 0.15) is 0 Å². The number of benzene rings is 1. The maximum absolute atomic E-state index is 11.6. The summed E-state index contributed by atoms with van der Waals surface area (Å²) in [5.74, 6) is -0.296. The van der Waals surface area contributed by atoms with Crippen LogP contribution in [0.4, 0.5) is 0 Å². The molecule has 3 nitrogen and oxygen atoms in total. The number of rotatable bonds is 6. The van der Waals surface area contributed by atoms with Crippen LogP contribution in [0, 0.1) is 0 Å². The van der Waals surface area contributed by atoms with E-state index in [9.17, 15) is 4.79 Å². The molecular weight excluding hydrogens is 326 g/mol. The van der Waals surface area contributed by atoms with Gasteiger partial charge >= 0.3 is 5.97 Å². The minimum Gasteiger partial charge on any atom is -0.465 e. The van der Waals surface area contributed by atoms with Gasteiger partial charge in [0.15, 0.2) is 8.24 Å². The summed E-state index contributed by atoms with van der Waals surface area (Å²) in [5.41, 5.74) is 4.90. The SMILES string of the molecule is COC(=O)c1ccc(-c2ccn([Si](C(C)C)(C(C)C)C(C)C)c2)cc1. The normalized spacial score (nSPS) is 12.2. The van der Waals surface area contributed by atoms with Crippen LogP contribution in [0.3, 0.4) is 0 Å². The lowest BCUT2D eigenvalue weighted by molar-refractivity contribution is 0.0601. The summed E-state index contributed by atoms with van der Waals surface area (Å²) in [5, 5.41) is 0. The molecule has 0 aliphatic carbocycles. The first-order chi connectivity index (χ1) is 11.7. The third-order valence-corrected chi connectivity index (χ3v) is 12.3. The molecule has 0 aliphatic rings. The van der Waals surface area contributed by atoms with Gasteiger partial charge in [-0.15, -0.1) is 0 Å². The Balaban J connectivity index is 2.43. The number of aromatic nitrogens is 1. The molecule has 0 radical (unpaired) electrons. The second-order valence-electron chi connectivity index (χ2n) is 7.73. The average molecular weight is 358 g/mol. The minimum absolute atomic E-state index is 0.296. The van der Waals surface area contributed by atoms with E-state index in [2.05, 4.69) is 64.2 Å². The van der Waals surface area contributed by atoms with Crippen LogP contribution in [0.25, 0.3) is 11.1 Å². The summed E-state index contributed by atoms with van der Waals surface area (Å²) < 4.78 is 7.31. The Bertz CT molecular complexity index is 692. The van der Waals surface area contributed by atoms with E-state index in [-0.39, 0.29) is 5.97 Å². The molecule has 1 heterocycles. The highest BCUT2D eigenvalue weighted by Gasteiger charge is 2.44. The molecule has 4 heteroatoms. The van der Waals surface area contributed by atoms with Gasteiger partial charge in [-0.3, -0.25) is 0 Å². The molecule has 1 aromatic carbocycles. The first kappa shape index (κ1) is 19.5. The molecule has 0 bridgehead atoms. The van der Waals surface area contributed by atoms with E-state index in [0.717, 1.165) is 5.56 Å². The number of nitrogens with zero attached hydrogens (tertiary/aromatic N) is 1. The monoisotopic (exact) mass is 357 g/mol. The quantitative estimate of drug-likeness (QED) is 0.471. The van der Waals surface area contributed by atoms with Gasteiger partial charge in [0.05, 0.1) is 12.7 Å². The zero-order valence-corrected chi connectivity index (χ0v) is 17.5. The Morgan fingerprint density at radius 1 is 0.880 bits per heavy atom. The Labute approximate surface area is 153 Å². The molecule has 1 aromatic heterocycles. The summed E-state index contributed by atoms with van der Waals surface area (Å²) in [7, 11) is -0.301. The third-order valence-electron chi connectivity index (χ3n) is 5.55. The fraction of sp³-hybridized carbons (Fsp3) is 0.476. The second-order valence-corrected chi connectivity index (χ2v) is 13.5. The van der Waals surface area contributed by atoms with Gasteiger partial charge in [-0.1, -0.05) is 53.7 Å². The van der Waals surface area contributed by atoms with Crippen LogP contribution in [0.2, 0.25) is 16.6 Å². The van der Waals surface area contributed by atoms with Crippen molar-refractivity contribution in [3.05, 3.63) is 48.3 Å². The summed E-state index contributed by atoms with van der Waals surface area (Å²) in [6, 6.07) is 9.85. The molecule has 0 fully saturated rings. The standard InChI is InChI=1S/C21H31NO2Si/c1-15(2)25(16(3)4,17(5)6)22-13-12-20(14-22)18-8-10-19(11-9-18)21(23)24-7/h8-17H,1-7H3. The summed E-state index contributed by atoms with van der Waals surface area (Å²) in [6.45, 7) is 14.2. The molecule has 0 aliphatic heterocycles. The van der Waals surface area contributed by atoms with Crippen LogP contribution in [0.1, 0.15) is 51.9 Å². The number of hydrogen-bond donors (Lipinski definition) is 0. The number of carbonyl (C=O) groups is 1. The number of ether oxygens (including phenoxy) is 1. The van der Waals surface area contributed by atoms with Gasteiger partial charge < -0.3 is 8.97 Å². The molecule has 0 spiro atoms. The van der Waals surface area contributed by atoms with Crippen molar-refractivity contribution in [2.75, 3.05) is 7.11 Å². The lowest BCUT2D eigenvalue weighted by Gasteiger charge is -2.44. The minimum atomic E-state index is -1.71. The lowest BCUT2D eigenvalue weighted by atomic mass is 10.1. The highest BCUT2D eigenvalue weighted by Crippen LogP contribution is 2.43. The molecule has 25 heavy (non-hydrogen) atoms. The van der Waals surface area contributed by atoms with Crippen LogP contribution >= 0.6 is 0 Å². The Morgan fingerprint density at radius 3 is 1.84 bits per heavy atom. The Hall–Kier alpha value is -1.81. The maximum atomic E-state index is 11.6. The van der Waals surface area contributed by atoms with E-state index in [1.54, 1.807) is 0 Å². The van der Waals surface area contributed by atoms with Crippen LogP contribution in [-0.4, -0.2) is 25.5 Å². The molecule has 136 valence electrons. The van der Waals surface area contributed by atoms with Crippen LogP contribution < -0.4 is 0 Å². The number of hydrogen-bond acceptors (Lipinski definition) is 2. The van der Waals surface area contributed by atoms with Crippen molar-refractivity contribution < 1.29 is 9.53 Å². The number of esters is 1. The topological polar surface area (TPSA) is 31.2 Å². The van der Waals surface area contributed by atoms with Crippen molar-refractivity contribution >= 4 is 14.2 Å². The highest BCUT2D eigenvalue weighted by molar-refractivity contribution is 6.82. The van der Waals surface area contributed by atoms with Gasteiger partial charge in [0, 0.05) is 6.20 Å². The molecule has 0 saturated heterocycles. The summed E-state index contributed by atoms with van der Waals surface area (Å²) >= 11 is 0. The van der Waals surface area contributed by atoms with Gasteiger partial charge in [-0.2, -0.15) is 0 Å². The lowest BCUT2D eigenvalue weighted by Crippen LogP contribution is -2.51. The van der Waals surface area contributed by atoms with Gasteiger partial charge in [-0.05, 0) is 52.1 Å². The molecule has 2 aromatic rings. The molecule has 0 amide bonds. The van der Waals surface area contributed by atoms with Crippen molar-refractivity contribution in [1.82, 2.24) is 4.23 Å². The number of carbonyl (C=O) groups excluding carboxylic acids is 1. The molecule has 2 rings (SSSR count). The summed E-state index contributed by atoms with van der Waals surface area (Å²) in [6.07, 6.45) is 4.56. The Morgan fingerprint density at radius 2 is 1.40 bits per heavy atom. The van der Waals surface area contributed by atoms with Crippen LogP contribution in [0.5, 0.6) is 0 Å². The van der Waals surface area contributed by atoms with Gasteiger partial charge in [0.2, 0.25) is 0 Å². The van der Waals surface area contributed by atoms with E-state index in [4.69, 9.17) is 4.74 Å². The molecule has 0 atom stereocenters. The average Bonchev–Trinajstić information content (AvgIpc) is 3.03. The van der Waals surface area contributed by atoms with E-state index < -0.39 is 8.24 Å². The first-order valence-corrected chi connectivity index (χ1v) is 11.3. The molecular formula is C21H31NO2Si. The van der Waals surface area contributed by atoms with E-state index in [0.29, 0.717) is 22.2 Å². The summed E-state index contributed by atoms with van der Waals surface area (Å²) in [4.78, 5) is 11.6. The highest BCUT2D eigenvalue weighted by atomic mass is 28.3. The molecule has 0 saturated carbocycles. The molecule has 0 unspecified atom stereocenters. The zero-order chi connectivity index (χ0) is 18.8. The van der Waals surface area contributed by atoms with Crippen molar-refractivity contribution in [2.45, 2.75) is 58.2 Å². The van der Waals surface area contributed by atoms with E-state index in [1.165, 1.54) is 12.7 Å². The smallest absolute Gasteiger partial charge is 0.337 e. The number of methoxy groups -OCH3 is 1. The fourth-order valence-corrected chi connectivity index (χ4v) is 11.1. The van der Waals surface area contributed by atoms with Crippen molar-refractivity contribution in [2.24, 2.45) is 0 Å². The van der Waals surface area contributed by atoms with E-state index >= 15 is 0 Å². The first-order valence-electron chi connectivity index (χ1n) is 9.12. The van der Waals surface area contributed by atoms with Crippen LogP contribution in [-0.2, 0) is 4.74 Å². The van der Waals surface area contributed by atoms with Crippen LogP contribution in [0.15, 0.2) is 42.7 Å². The Kier molecular flexibility index (Phi) is 5.94. The fourth-order valence-electron chi connectivity index (χ4n) is 4.62. The zero-order valence-electron chi connectivity index (χ0n) is 16.5. The third kappa shape index (κ3) is 3.45. The second kappa shape index (κ2) is 7.61. The largest absolute Gasteiger partial charge is 0.465 e. The predicted molar refractivity (Wildman–Crippen MR) is 108 cm³/mol. The van der Waals surface area contributed by atoms with Crippen molar-refractivity contribution in [3.63, 3.8) is 0 Å². The predicted octanol–water partition coefficient (Wildman–Crippen LogP) is 5.97. The van der Waals surface area contributed by atoms with Crippen molar-refractivity contribution in [3.8, 4) is 11.1 Å². The van der Waals surface area contributed by atoms with Gasteiger partial charge in [-0.25, -0.2) is 4.79 Å². The van der Waals surface area contributed by atoms with Crippen molar-refractivity contribution in [1.29, 1.82) is 0 Å². The van der Waals surface area contributed by atoms with Gasteiger partial charge in [0.25, 0.3) is 0 Å². The van der Waals surface area contributed by atoms with E-state index in [1.807, 2.05) is 24.3 Å².